The van der Waals surface area contributed by atoms with E-state index >= 15 is 0 Å². The summed E-state index contributed by atoms with van der Waals surface area (Å²) in [6.07, 6.45) is -1.42. The molecule has 0 aliphatic carbocycles. The molecule has 0 spiro atoms. The Morgan fingerprint density at radius 2 is 1.96 bits per heavy atom. The molecule has 1 amide bonds. The summed E-state index contributed by atoms with van der Waals surface area (Å²) in [5, 5.41) is 14.3. The summed E-state index contributed by atoms with van der Waals surface area (Å²) in [6, 6.07) is 12.3. The molecule has 9 heteroatoms. The molecule has 0 fully saturated rings. The lowest BCUT2D eigenvalue weighted by Gasteiger charge is -2.08. The van der Waals surface area contributed by atoms with Gasteiger partial charge in [-0.3, -0.25) is 14.6 Å². The number of nitrogens with one attached hydrogen (secondary N) is 2. The van der Waals surface area contributed by atoms with Crippen LogP contribution in [0.1, 0.15) is 21.6 Å². The van der Waals surface area contributed by atoms with Gasteiger partial charge in [-0.2, -0.15) is 23.4 Å². The van der Waals surface area contributed by atoms with Crippen LogP contribution in [0.3, 0.4) is 0 Å². The first-order chi connectivity index (χ1) is 13.4. The van der Waals surface area contributed by atoms with Crippen molar-refractivity contribution in [3.63, 3.8) is 0 Å². The highest BCUT2D eigenvalue weighted by Crippen LogP contribution is 2.29. The number of amides is 1. The van der Waals surface area contributed by atoms with Crippen LogP contribution in [0.4, 0.5) is 18.9 Å². The second kappa shape index (κ2) is 6.84. The maximum atomic E-state index is 12.8. The molecule has 142 valence electrons. The molecule has 0 bridgehead atoms. The summed E-state index contributed by atoms with van der Waals surface area (Å²) >= 11 is 0. The van der Waals surface area contributed by atoms with E-state index in [1.165, 1.54) is 16.9 Å². The molecule has 0 radical (unpaired) electrons. The molecule has 0 saturated carbocycles. The maximum absolute atomic E-state index is 12.8. The summed E-state index contributed by atoms with van der Waals surface area (Å²) < 4.78 is 39.9. The fraction of sp³-hybridized carbons (Fsp3) is 0.105. The van der Waals surface area contributed by atoms with Crippen LogP contribution >= 0.6 is 0 Å². The normalized spacial score (nSPS) is 11.7. The van der Waals surface area contributed by atoms with Crippen LogP contribution in [0.25, 0.3) is 10.9 Å². The number of fused-ring (bicyclic) bond motifs is 1. The van der Waals surface area contributed by atoms with Gasteiger partial charge in [0.15, 0.2) is 5.69 Å². The molecule has 0 atom stereocenters. The highest BCUT2D eigenvalue weighted by Gasteiger charge is 2.30. The number of benzene rings is 2. The zero-order valence-corrected chi connectivity index (χ0v) is 14.4. The minimum atomic E-state index is -4.40. The number of hydrogen-bond donors (Lipinski definition) is 2. The Morgan fingerprint density at radius 1 is 1.14 bits per heavy atom. The molecule has 2 N–H and O–H groups in total. The number of nitrogens with zero attached hydrogens (tertiary/aromatic N) is 3. The quantitative estimate of drug-likeness (QED) is 0.556. The Hall–Kier alpha value is -3.62. The molecule has 4 aromatic rings. The molecule has 0 saturated heterocycles. The lowest BCUT2D eigenvalue weighted by molar-refractivity contribution is -0.137. The van der Waals surface area contributed by atoms with Crippen LogP contribution in [0.2, 0.25) is 0 Å². The van der Waals surface area contributed by atoms with Crippen molar-refractivity contribution >= 4 is 22.5 Å². The average molecular weight is 385 g/mol. The van der Waals surface area contributed by atoms with Crippen LogP contribution in [0.5, 0.6) is 0 Å². The van der Waals surface area contributed by atoms with Gasteiger partial charge in [0.1, 0.15) is 0 Å². The Morgan fingerprint density at radius 3 is 2.79 bits per heavy atom. The van der Waals surface area contributed by atoms with Gasteiger partial charge in [-0.05, 0) is 23.8 Å². The van der Waals surface area contributed by atoms with Crippen molar-refractivity contribution in [2.75, 3.05) is 5.32 Å². The Bertz CT molecular complexity index is 1150. The Balaban J connectivity index is 1.48. The van der Waals surface area contributed by atoms with Crippen molar-refractivity contribution in [2.24, 2.45) is 0 Å². The van der Waals surface area contributed by atoms with E-state index in [2.05, 4.69) is 20.6 Å². The maximum Gasteiger partial charge on any atom is 0.416 e. The van der Waals surface area contributed by atoms with Crippen molar-refractivity contribution in [3.8, 4) is 0 Å². The first kappa shape index (κ1) is 17.8. The molecule has 2 heterocycles. The first-order valence-electron chi connectivity index (χ1n) is 8.33. The zero-order valence-electron chi connectivity index (χ0n) is 14.4. The van der Waals surface area contributed by atoms with Gasteiger partial charge in [0, 0.05) is 11.6 Å². The van der Waals surface area contributed by atoms with Crippen LogP contribution < -0.4 is 5.32 Å². The third-order valence-electron chi connectivity index (χ3n) is 4.18. The smallest absolute Gasteiger partial charge is 0.318 e. The lowest BCUT2D eigenvalue weighted by Crippen LogP contribution is -2.12. The van der Waals surface area contributed by atoms with Gasteiger partial charge in [-0.1, -0.05) is 30.3 Å². The SMILES string of the molecule is O=C(Nc1cnn(Cc2cccc(C(F)(F)F)c2)c1)c1n[nH]c2ccccc12. The summed E-state index contributed by atoms with van der Waals surface area (Å²) in [4.78, 5) is 12.5. The monoisotopic (exact) mass is 385 g/mol. The average Bonchev–Trinajstić information content (AvgIpc) is 3.28. The third kappa shape index (κ3) is 3.59. The van der Waals surface area contributed by atoms with Crippen LogP contribution in [-0.4, -0.2) is 25.9 Å². The first-order valence-corrected chi connectivity index (χ1v) is 8.33. The molecule has 0 aliphatic rings. The van der Waals surface area contributed by atoms with E-state index in [0.717, 1.165) is 17.6 Å². The molecule has 0 aliphatic heterocycles. The highest BCUT2D eigenvalue weighted by molar-refractivity contribution is 6.10. The number of carbonyl (C=O) groups is 1. The molecule has 4 rings (SSSR count). The van der Waals surface area contributed by atoms with Crippen molar-refractivity contribution in [1.82, 2.24) is 20.0 Å². The standard InChI is InChI=1S/C19H14F3N5O/c20-19(21,22)13-5-3-4-12(8-13)10-27-11-14(9-23-27)24-18(28)17-15-6-1-2-7-16(15)25-26-17/h1-9,11H,10H2,(H,24,28)(H,25,26). The van der Waals surface area contributed by atoms with Crippen molar-refractivity contribution < 1.29 is 18.0 Å². The molecule has 2 aromatic carbocycles. The molecule has 28 heavy (non-hydrogen) atoms. The topological polar surface area (TPSA) is 75.6 Å². The van der Waals surface area contributed by atoms with E-state index in [1.54, 1.807) is 18.3 Å². The predicted octanol–water partition coefficient (Wildman–Crippen LogP) is 4.08. The van der Waals surface area contributed by atoms with E-state index in [1.807, 2.05) is 18.2 Å². The predicted molar refractivity (Wildman–Crippen MR) is 96.8 cm³/mol. The third-order valence-corrected chi connectivity index (χ3v) is 4.18. The number of para-hydroxylation sites is 1. The number of anilines is 1. The number of hydrogen-bond acceptors (Lipinski definition) is 3. The number of carbonyl (C=O) groups excluding carboxylic acids is 1. The highest BCUT2D eigenvalue weighted by atomic mass is 19.4. The number of rotatable bonds is 4. The summed E-state index contributed by atoms with van der Waals surface area (Å²) in [5.74, 6) is -0.406. The molecule has 6 nitrogen and oxygen atoms in total. The minimum absolute atomic E-state index is 0.144. The number of H-pyrrole nitrogens is 1. The van der Waals surface area contributed by atoms with Crippen LogP contribution in [-0.2, 0) is 12.7 Å². The van der Waals surface area contributed by atoms with E-state index in [0.29, 0.717) is 16.6 Å². The fourth-order valence-electron chi connectivity index (χ4n) is 2.87. The summed E-state index contributed by atoms with van der Waals surface area (Å²) in [6.45, 7) is 0.144. The molecule has 2 aromatic heterocycles. The largest absolute Gasteiger partial charge is 0.416 e. The Kier molecular flexibility index (Phi) is 4.34. The van der Waals surface area contributed by atoms with Crippen LogP contribution in [0.15, 0.2) is 60.9 Å². The molecule has 0 unspecified atom stereocenters. The van der Waals surface area contributed by atoms with E-state index < -0.39 is 17.6 Å². The second-order valence-corrected chi connectivity index (χ2v) is 6.20. The second-order valence-electron chi connectivity index (χ2n) is 6.20. The van der Waals surface area contributed by atoms with E-state index in [9.17, 15) is 18.0 Å². The number of alkyl halides is 3. The van der Waals surface area contributed by atoms with Crippen molar-refractivity contribution in [2.45, 2.75) is 12.7 Å². The van der Waals surface area contributed by atoms with Crippen molar-refractivity contribution in [1.29, 1.82) is 0 Å². The van der Waals surface area contributed by atoms with Crippen molar-refractivity contribution in [3.05, 3.63) is 77.7 Å². The summed E-state index contributed by atoms with van der Waals surface area (Å²) in [7, 11) is 0. The molecular formula is C19H14F3N5O. The zero-order chi connectivity index (χ0) is 19.7. The minimum Gasteiger partial charge on any atom is -0.318 e. The lowest BCUT2D eigenvalue weighted by atomic mass is 10.1. The number of aromatic amines is 1. The Labute approximate surface area is 157 Å². The van der Waals surface area contributed by atoms with Crippen LogP contribution in [0, 0.1) is 0 Å². The van der Waals surface area contributed by atoms with Gasteiger partial charge in [-0.15, -0.1) is 0 Å². The van der Waals surface area contributed by atoms with E-state index in [-0.39, 0.29) is 12.2 Å². The number of aromatic nitrogens is 4. The van der Waals surface area contributed by atoms with Gasteiger partial charge in [-0.25, -0.2) is 0 Å². The number of halogens is 3. The fourth-order valence-corrected chi connectivity index (χ4v) is 2.87. The van der Waals surface area contributed by atoms with Gasteiger partial charge >= 0.3 is 6.18 Å². The van der Waals surface area contributed by atoms with Gasteiger partial charge in [0.25, 0.3) is 5.91 Å². The van der Waals surface area contributed by atoms with E-state index in [4.69, 9.17) is 0 Å². The molecular weight excluding hydrogens is 371 g/mol. The van der Waals surface area contributed by atoms with Gasteiger partial charge in [0.2, 0.25) is 0 Å². The van der Waals surface area contributed by atoms with Gasteiger partial charge in [0.05, 0.1) is 29.5 Å². The summed E-state index contributed by atoms with van der Waals surface area (Å²) in [5.41, 5.74) is 1.16. The van der Waals surface area contributed by atoms with Gasteiger partial charge < -0.3 is 5.32 Å².